The molecule has 1 saturated heterocycles. The van der Waals surface area contributed by atoms with E-state index < -0.39 is 28.1 Å². The molecule has 1 aliphatic rings. The third-order valence-electron chi connectivity index (χ3n) is 11.8. The molecule has 0 aliphatic carbocycles. The van der Waals surface area contributed by atoms with Crippen molar-refractivity contribution in [3.8, 4) is 0 Å². The standard InChI is InChI=1S/C50H42OSi3/c1-9-25-42(26-10-1)50(43-27-11-2-12-28-43)41-52(44-29-13-3-14-30-44,45-31-15-4-16-32-45)54(48-37-21-7-22-38-48,49-39-23-8-24-40-49)53(51-50,46-33-17-5-18-34-46)47-35-19-6-20-36-47/h1-40H,41H2. The second-order valence-electron chi connectivity index (χ2n) is 14.4. The first-order chi connectivity index (χ1) is 26.8. The molecule has 0 radical (unpaired) electrons. The highest BCUT2D eigenvalue weighted by molar-refractivity contribution is 7.84. The molecule has 1 heterocycles. The van der Waals surface area contributed by atoms with Crippen LogP contribution in [-0.4, -0.2) is 22.5 Å². The van der Waals surface area contributed by atoms with E-state index >= 15 is 0 Å². The fraction of sp³-hybridized carbons (Fsp3) is 0.0400. The Balaban J connectivity index is 1.63. The summed E-state index contributed by atoms with van der Waals surface area (Å²) in [4.78, 5) is 0. The van der Waals surface area contributed by atoms with Gasteiger partial charge in [0.15, 0.2) is 7.11 Å². The van der Waals surface area contributed by atoms with E-state index in [4.69, 9.17) is 4.43 Å². The lowest BCUT2D eigenvalue weighted by molar-refractivity contribution is 0.129. The van der Waals surface area contributed by atoms with E-state index in [-0.39, 0.29) is 0 Å². The van der Waals surface area contributed by atoms with Crippen LogP contribution < -0.4 is 31.1 Å². The van der Waals surface area contributed by atoms with Crippen LogP contribution in [0.1, 0.15) is 11.1 Å². The molecule has 9 rings (SSSR count). The van der Waals surface area contributed by atoms with Gasteiger partial charge in [-0.2, -0.15) is 0 Å². The fourth-order valence-corrected chi connectivity index (χ4v) is 53.2. The van der Waals surface area contributed by atoms with Crippen LogP contribution in [0.25, 0.3) is 0 Å². The Hall–Kier alpha value is -5.63. The second kappa shape index (κ2) is 14.3. The van der Waals surface area contributed by atoms with Gasteiger partial charge in [-0.25, -0.2) is 0 Å². The highest BCUT2D eigenvalue weighted by Crippen LogP contribution is 2.51. The molecule has 0 atom stereocenters. The Morgan fingerprint density at radius 3 is 0.870 bits per heavy atom. The summed E-state index contributed by atoms with van der Waals surface area (Å²) in [5.41, 5.74) is 1.62. The largest absolute Gasteiger partial charge is 0.397 e. The molecule has 0 N–H and O–H groups in total. The summed E-state index contributed by atoms with van der Waals surface area (Å²) < 4.78 is 8.86. The van der Waals surface area contributed by atoms with Crippen LogP contribution in [0.5, 0.6) is 0 Å². The molecule has 1 fully saturated rings. The number of rotatable bonds is 8. The van der Waals surface area contributed by atoms with E-state index in [0.29, 0.717) is 0 Å². The summed E-state index contributed by atoms with van der Waals surface area (Å²) in [6, 6.07) is 92.6. The van der Waals surface area contributed by atoms with Crippen molar-refractivity contribution in [3.05, 3.63) is 254 Å². The number of benzene rings is 8. The van der Waals surface area contributed by atoms with E-state index in [1.807, 2.05) is 0 Å². The van der Waals surface area contributed by atoms with Crippen LogP contribution >= 0.6 is 0 Å². The zero-order chi connectivity index (χ0) is 36.3. The Kier molecular flexibility index (Phi) is 9.05. The smallest absolute Gasteiger partial charge is 0.250 e. The quantitative estimate of drug-likeness (QED) is 0.148. The Morgan fingerprint density at radius 1 is 0.296 bits per heavy atom. The van der Waals surface area contributed by atoms with E-state index in [1.165, 1.54) is 42.2 Å². The molecule has 8 aromatic rings. The predicted octanol–water partition coefficient (Wildman–Crippen LogP) is 7.40. The summed E-state index contributed by atoms with van der Waals surface area (Å²) in [6.45, 7) is 0. The fourth-order valence-electron chi connectivity index (χ4n) is 9.84. The lowest BCUT2D eigenvalue weighted by Crippen LogP contribution is -3.03. The Morgan fingerprint density at radius 2 is 0.556 bits per heavy atom. The number of hydrogen-bond donors (Lipinski definition) is 0. The van der Waals surface area contributed by atoms with E-state index in [0.717, 1.165) is 6.04 Å². The average molecular weight is 743 g/mol. The molecule has 0 saturated carbocycles. The molecular weight excluding hydrogens is 701 g/mol. The van der Waals surface area contributed by atoms with Gasteiger partial charge in [-0.15, -0.1) is 0 Å². The molecule has 1 aliphatic heterocycles. The summed E-state index contributed by atoms with van der Waals surface area (Å²) in [7, 11) is -9.88. The van der Waals surface area contributed by atoms with Crippen LogP contribution in [0.3, 0.4) is 0 Å². The van der Waals surface area contributed by atoms with Crippen LogP contribution in [0.2, 0.25) is 6.04 Å². The van der Waals surface area contributed by atoms with Crippen LogP contribution in [0.4, 0.5) is 0 Å². The first kappa shape index (κ1) is 34.2. The zero-order valence-electron chi connectivity index (χ0n) is 30.2. The second-order valence-corrected chi connectivity index (χ2v) is 33.7. The third kappa shape index (κ3) is 5.13. The molecule has 0 spiro atoms. The molecule has 0 aromatic heterocycles. The molecule has 1 nitrogen and oxygen atoms in total. The summed E-state index contributed by atoms with van der Waals surface area (Å²) in [6.07, 6.45) is 0. The van der Waals surface area contributed by atoms with E-state index in [9.17, 15) is 0 Å². The Bertz CT molecular complexity index is 2160. The maximum absolute atomic E-state index is 8.86. The van der Waals surface area contributed by atoms with Crippen molar-refractivity contribution in [2.75, 3.05) is 0 Å². The van der Waals surface area contributed by atoms with Crippen molar-refractivity contribution >= 4 is 53.7 Å². The minimum atomic E-state index is -3.50. The van der Waals surface area contributed by atoms with Gasteiger partial charge in [0.2, 0.25) is 0 Å². The maximum Gasteiger partial charge on any atom is 0.250 e. The lowest BCUT2D eigenvalue weighted by Gasteiger charge is -2.65. The van der Waals surface area contributed by atoms with Gasteiger partial charge in [0.1, 0.15) is 13.2 Å². The van der Waals surface area contributed by atoms with Gasteiger partial charge >= 0.3 is 0 Å². The van der Waals surface area contributed by atoms with Gasteiger partial charge in [-0.1, -0.05) is 263 Å². The minimum absolute atomic E-state index is 0.779. The summed E-state index contributed by atoms with van der Waals surface area (Å²) in [5, 5.41) is 8.41. The van der Waals surface area contributed by atoms with Gasteiger partial charge in [-0.05, 0) is 27.5 Å². The van der Waals surface area contributed by atoms with Crippen LogP contribution in [0, 0.1) is 0 Å². The minimum Gasteiger partial charge on any atom is -0.397 e. The predicted molar refractivity (Wildman–Crippen MR) is 233 cm³/mol. The topological polar surface area (TPSA) is 9.23 Å². The molecule has 0 bridgehead atoms. The molecule has 0 unspecified atom stereocenters. The monoisotopic (exact) mass is 742 g/mol. The average Bonchev–Trinajstić information content (AvgIpc) is 3.28. The first-order valence-corrected chi connectivity index (χ1v) is 27.0. The highest BCUT2D eigenvalue weighted by Gasteiger charge is 2.78. The summed E-state index contributed by atoms with van der Waals surface area (Å²) in [5.74, 6) is 0. The lowest BCUT2D eigenvalue weighted by atomic mass is 9.88. The van der Waals surface area contributed by atoms with Gasteiger partial charge in [0, 0.05) is 0 Å². The van der Waals surface area contributed by atoms with Crippen molar-refractivity contribution in [2.24, 2.45) is 0 Å². The maximum atomic E-state index is 8.86. The SMILES string of the molecule is c1ccc(C2(c3ccccc3)C[Si](c3ccccc3)(c3ccccc3)[Si](c3ccccc3)(c3ccccc3)[Si](c3ccccc3)(c3ccccc3)O2)cc1. The van der Waals surface area contributed by atoms with Crippen molar-refractivity contribution in [2.45, 2.75) is 11.6 Å². The molecule has 8 aromatic carbocycles. The van der Waals surface area contributed by atoms with Gasteiger partial charge in [0.05, 0.1) is 0 Å². The normalized spacial score (nSPS) is 16.6. The van der Waals surface area contributed by atoms with Crippen molar-refractivity contribution in [1.29, 1.82) is 0 Å². The molecule has 4 heteroatoms. The Labute approximate surface area is 322 Å². The van der Waals surface area contributed by atoms with Crippen molar-refractivity contribution in [3.63, 3.8) is 0 Å². The van der Waals surface area contributed by atoms with E-state index in [2.05, 4.69) is 243 Å². The van der Waals surface area contributed by atoms with Gasteiger partial charge in [-0.3, -0.25) is 0 Å². The summed E-state index contributed by atoms with van der Waals surface area (Å²) >= 11 is 0. The van der Waals surface area contributed by atoms with E-state index in [1.54, 1.807) is 0 Å². The van der Waals surface area contributed by atoms with Gasteiger partial charge < -0.3 is 4.43 Å². The molecule has 260 valence electrons. The first-order valence-electron chi connectivity index (χ1n) is 18.9. The zero-order valence-corrected chi connectivity index (χ0v) is 33.2. The highest BCUT2D eigenvalue weighted by atomic mass is 29.6. The number of hydrogen-bond acceptors (Lipinski definition) is 1. The molecule has 0 amide bonds. The molecular formula is C50H42OSi3. The van der Waals surface area contributed by atoms with Crippen LogP contribution in [0.15, 0.2) is 243 Å². The molecule has 54 heavy (non-hydrogen) atoms. The van der Waals surface area contributed by atoms with Gasteiger partial charge in [0.25, 0.3) is 7.83 Å². The van der Waals surface area contributed by atoms with Crippen molar-refractivity contribution in [1.82, 2.24) is 0 Å². The van der Waals surface area contributed by atoms with Crippen molar-refractivity contribution < 1.29 is 4.43 Å². The van der Waals surface area contributed by atoms with Crippen LogP contribution in [-0.2, 0) is 10.0 Å². The third-order valence-corrected chi connectivity index (χ3v) is 44.9.